The number of hydrogen-bond donors (Lipinski definition) is 1. The number of hydrogen-bond acceptors (Lipinski definition) is 6. The number of carbonyl (C=O) groups is 2. The lowest BCUT2D eigenvalue weighted by molar-refractivity contribution is -0.132. The molecule has 2 aliphatic heterocycles. The highest BCUT2D eigenvalue weighted by Gasteiger charge is 2.48. The second-order valence-electron chi connectivity index (χ2n) is 8.07. The van der Waals surface area contributed by atoms with Crippen molar-refractivity contribution in [3.05, 3.63) is 81.3 Å². The lowest BCUT2D eigenvalue weighted by Crippen LogP contribution is -2.29. The van der Waals surface area contributed by atoms with Gasteiger partial charge in [-0.3, -0.25) is 14.5 Å². The third kappa shape index (κ3) is 3.47. The number of ketones is 1. The molecule has 5 rings (SSSR count). The van der Waals surface area contributed by atoms with E-state index in [4.69, 9.17) is 4.74 Å². The number of likely N-dealkylation sites (N-methyl/N-ethyl adjacent to an activating group) is 1. The Morgan fingerprint density at radius 1 is 1.18 bits per heavy atom. The van der Waals surface area contributed by atoms with E-state index in [1.165, 1.54) is 34.4 Å². The van der Waals surface area contributed by atoms with E-state index in [1.807, 2.05) is 30.3 Å². The molecule has 168 valence electrons. The third-order valence-corrected chi connectivity index (χ3v) is 7.08. The molecule has 1 fully saturated rings. The minimum absolute atomic E-state index is 0.0193. The zero-order valence-electron chi connectivity index (χ0n) is 18.0. The monoisotopic (exact) mass is 464 g/mol. The summed E-state index contributed by atoms with van der Waals surface area (Å²) in [6.07, 6.45) is 0. The van der Waals surface area contributed by atoms with Crippen molar-refractivity contribution in [1.29, 1.82) is 0 Å². The van der Waals surface area contributed by atoms with Gasteiger partial charge in [0, 0.05) is 23.2 Å². The van der Waals surface area contributed by atoms with E-state index in [0.29, 0.717) is 24.5 Å². The van der Waals surface area contributed by atoms with Crippen molar-refractivity contribution in [3.8, 4) is 5.75 Å². The van der Waals surface area contributed by atoms with Crippen molar-refractivity contribution in [3.63, 3.8) is 0 Å². The fraction of sp³-hybridized carbons (Fsp3) is 0.200. The van der Waals surface area contributed by atoms with Crippen molar-refractivity contribution in [2.24, 2.45) is 0 Å². The molecule has 1 N–H and O–H groups in total. The largest absolute Gasteiger partial charge is 0.507 e. The number of anilines is 2. The van der Waals surface area contributed by atoms with E-state index in [1.54, 1.807) is 24.3 Å². The fourth-order valence-corrected chi connectivity index (χ4v) is 5.32. The molecule has 0 aliphatic carbocycles. The van der Waals surface area contributed by atoms with Crippen LogP contribution in [0.25, 0.3) is 5.76 Å². The number of thiophene rings is 1. The summed E-state index contributed by atoms with van der Waals surface area (Å²) in [6.45, 7) is 3.13. The van der Waals surface area contributed by atoms with E-state index in [9.17, 15) is 19.1 Å². The number of aliphatic hydroxyl groups excluding tert-OH is 1. The third-order valence-electron chi connectivity index (χ3n) is 6.01. The molecule has 2 aromatic carbocycles. The highest BCUT2D eigenvalue weighted by molar-refractivity contribution is 7.10. The molecule has 1 aromatic heterocycles. The fourth-order valence-electron chi connectivity index (χ4n) is 4.29. The summed E-state index contributed by atoms with van der Waals surface area (Å²) in [6, 6.07) is 11.7. The molecule has 33 heavy (non-hydrogen) atoms. The number of rotatable bonds is 3. The summed E-state index contributed by atoms with van der Waals surface area (Å²) in [7, 11) is 1.92. The van der Waals surface area contributed by atoms with Gasteiger partial charge in [-0.2, -0.15) is 0 Å². The number of halogens is 1. The molecule has 0 saturated carbocycles. The first-order valence-electron chi connectivity index (χ1n) is 10.5. The van der Waals surface area contributed by atoms with Crippen LogP contribution in [-0.4, -0.2) is 37.0 Å². The van der Waals surface area contributed by atoms with Gasteiger partial charge in [0.25, 0.3) is 11.7 Å². The Labute approximate surface area is 194 Å². The summed E-state index contributed by atoms with van der Waals surface area (Å²) in [5.41, 5.74) is 2.30. The van der Waals surface area contributed by atoms with Gasteiger partial charge in [0.1, 0.15) is 30.0 Å². The Kier molecular flexibility index (Phi) is 5.17. The quantitative estimate of drug-likeness (QED) is 0.347. The van der Waals surface area contributed by atoms with Crippen LogP contribution in [0.3, 0.4) is 0 Å². The van der Waals surface area contributed by atoms with Gasteiger partial charge in [-0.05, 0) is 60.3 Å². The average Bonchev–Trinajstić information content (AvgIpc) is 3.33. The first-order valence-corrected chi connectivity index (χ1v) is 11.3. The number of Topliss-reactive ketones (excluding diaryl/α,β-unsaturated/α-hetero) is 1. The molecule has 8 heteroatoms. The zero-order valence-corrected chi connectivity index (χ0v) is 18.9. The van der Waals surface area contributed by atoms with Crippen molar-refractivity contribution in [1.82, 2.24) is 0 Å². The lowest BCUT2D eigenvalue weighted by Gasteiger charge is -2.28. The summed E-state index contributed by atoms with van der Waals surface area (Å²) in [4.78, 5) is 30.4. The Morgan fingerprint density at radius 3 is 2.73 bits per heavy atom. The maximum Gasteiger partial charge on any atom is 0.300 e. The van der Waals surface area contributed by atoms with Crippen LogP contribution in [0.2, 0.25) is 0 Å². The summed E-state index contributed by atoms with van der Waals surface area (Å²) in [5.74, 6) is -1.72. The van der Waals surface area contributed by atoms with Crippen LogP contribution in [-0.2, 0) is 9.59 Å². The van der Waals surface area contributed by atoms with Crippen LogP contribution in [0.5, 0.6) is 5.75 Å². The summed E-state index contributed by atoms with van der Waals surface area (Å²) < 4.78 is 19.7. The van der Waals surface area contributed by atoms with Crippen LogP contribution < -0.4 is 14.5 Å². The molecule has 0 radical (unpaired) electrons. The SMILES string of the molecule is Cc1ccsc1C1/C(=C(/O)c2ccc3c(c2)N(C)CCO3)C(=O)C(=O)N1c1cccc(F)c1. The number of carbonyl (C=O) groups excluding carboxylic acids is 2. The zero-order chi connectivity index (χ0) is 23.3. The Hall–Kier alpha value is -3.65. The minimum atomic E-state index is -0.864. The van der Waals surface area contributed by atoms with Crippen LogP contribution in [0.15, 0.2) is 59.5 Å². The van der Waals surface area contributed by atoms with Crippen molar-refractivity contribution >= 4 is 40.2 Å². The van der Waals surface area contributed by atoms with Gasteiger partial charge in [-0.15, -0.1) is 11.3 Å². The topological polar surface area (TPSA) is 70.1 Å². The van der Waals surface area contributed by atoms with Crippen LogP contribution in [0.1, 0.15) is 22.0 Å². The highest BCUT2D eigenvalue weighted by atomic mass is 32.1. The first kappa shape index (κ1) is 21.2. The molecule has 2 aliphatic rings. The van der Waals surface area contributed by atoms with Crippen molar-refractivity contribution in [2.45, 2.75) is 13.0 Å². The summed E-state index contributed by atoms with van der Waals surface area (Å²) in [5, 5.41) is 13.2. The molecule has 1 saturated heterocycles. The summed E-state index contributed by atoms with van der Waals surface area (Å²) >= 11 is 1.38. The number of aryl methyl sites for hydroxylation is 1. The molecular weight excluding hydrogens is 443 g/mol. The molecular formula is C25H21FN2O4S. The van der Waals surface area contributed by atoms with Gasteiger partial charge >= 0.3 is 0 Å². The maximum atomic E-state index is 14.0. The van der Waals surface area contributed by atoms with Gasteiger partial charge in [-0.1, -0.05) is 6.07 Å². The first-order chi connectivity index (χ1) is 15.9. The second kappa shape index (κ2) is 8.04. The smallest absolute Gasteiger partial charge is 0.300 e. The Balaban J connectivity index is 1.71. The number of amides is 1. The van der Waals surface area contributed by atoms with E-state index >= 15 is 0 Å². The van der Waals surface area contributed by atoms with Crippen LogP contribution in [0.4, 0.5) is 15.8 Å². The van der Waals surface area contributed by atoms with E-state index in [-0.39, 0.29) is 17.0 Å². The van der Waals surface area contributed by atoms with Crippen molar-refractivity contribution < 1.29 is 23.8 Å². The predicted octanol–water partition coefficient (Wildman–Crippen LogP) is 4.65. The average molecular weight is 465 g/mol. The maximum absolute atomic E-state index is 14.0. The molecule has 1 unspecified atom stereocenters. The van der Waals surface area contributed by atoms with Crippen LogP contribution >= 0.6 is 11.3 Å². The number of aliphatic hydroxyl groups is 1. The Morgan fingerprint density at radius 2 is 2.00 bits per heavy atom. The predicted molar refractivity (Wildman–Crippen MR) is 125 cm³/mol. The highest BCUT2D eigenvalue weighted by Crippen LogP contribution is 2.45. The second-order valence-corrected chi connectivity index (χ2v) is 9.02. The number of fused-ring (bicyclic) bond motifs is 1. The molecule has 3 aromatic rings. The molecule has 0 bridgehead atoms. The van der Waals surface area contributed by atoms with Crippen LogP contribution in [0, 0.1) is 12.7 Å². The van der Waals surface area contributed by atoms with Gasteiger partial charge in [-0.25, -0.2) is 4.39 Å². The molecule has 6 nitrogen and oxygen atoms in total. The lowest BCUT2D eigenvalue weighted by atomic mass is 9.97. The molecule has 1 atom stereocenters. The number of benzene rings is 2. The van der Waals surface area contributed by atoms with Gasteiger partial charge in [0.2, 0.25) is 0 Å². The Bertz CT molecular complexity index is 1320. The van der Waals surface area contributed by atoms with Gasteiger partial charge in [0.15, 0.2) is 0 Å². The van der Waals surface area contributed by atoms with E-state index < -0.39 is 23.5 Å². The van der Waals surface area contributed by atoms with Crippen molar-refractivity contribution in [2.75, 3.05) is 30.0 Å². The number of nitrogens with zero attached hydrogens (tertiary/aromatic N) is 2. The molecule has 3 heterocycles. The number of ether oxygens (including phenoxy) is 1. The van der Waals surface area contributed by atoms with Gasteiger partial charge < -0.3 is 14.7 Å². The standard InChI is InChI=1S/C25H21FN2O4S/c1-14-8-11-33-24(14)21-20(23(30)25(31)28(21)17-5-3-4-16(26)13-17)22(29)15-6-7-19-18(12-15)27(2)9-10-32-19/h3-8,11-13,21,29H,9-10H2,1-2H3/b22-20-. The van der Waals surface area contributed by atoms with Gasteiger partial charge in [0.05, 0.1) is 17.8 Å². The molecule has 1 amide bonds. The molecule has 0 spiro atoms. The van der Waals surface area contributed by atoms with E-state index in [2.05, 4.69) is 0 Å². The normalized spacial score (nSPS) is 19.5. The minimum Gasteiger partial charge on any atom is -0.507 e. The van der Waals surface area contributed by atoms with E-state index in [0.717, 1.165) is 16.1 Å².